The van der Waals surface area contributed by atoms with Crippen molar-refractivity contribution < 1.29 is 19.1 Å². The van der Waals surface area contributed by atoms with Gasteiger partial charge in [-0.15, -0.1) is 0 Å². The van der Waals surface area contributed by atoms with Gasteiger partial charge in [0.2, 0.25) is 11.8 Å². The van der Waals surface area contributed by atoms with Gasteiger partial charge in [-0.05, 0) is 35.1 Å². The highest BCUT2D eigenvalue weighted by atomic mass is 16.5. The Morgan fingerprint density at radius 2 is 1.72 bits per heavy atom. The zero-order valence-electron chi connectivity index (χ0n) is 17.4. The monoisotopic (exact) mass is 398 g/mol. The fourth-order valence-electron chi connectivity index (χ4n) is 3.11. The summed E-state index contributed by atoms with van der Waals surface area (Å²) in [6.45, 7) is 4.26. The highest BCUT2D eigenvalue weighted by Gasteiger charge is 2.23. The van der Waals surface area contributed by atoms with Crippen LogP contribution in [0.15, 0.2) is 42.5 Å². The second-order valence-electron chi connectivity index (χ2n) is 7.47. The first-order valence-electron chi connectivity index (χ1n) is 10.0. The van der Waals surface area contributed by atoms with Crippen LogP contribution in [-0.4, -0.2) is 37.5 Å². The predicted octanol–water partition coefficient (Wildman–Crippen LogP) is 2.98. The molecule has 2 aromatic carbocycles. The molecular formula is C23H30N2O4. The summed E-state index contributed by atoms with van der Waals surface area (Å²) in [5, 5.41) is 7.91. The summed E-state index contributed by atoms with van der Waals surface area (Å²) in [6.07, 6.45) is 1.88. The standard InChI is InChI=1S/C23H30N2O4/c1-16(2)22(23(28)24-13-7-6-10-21(27)29-3)25-20(26)15-17-11-12-18-8-4-5-9-19(18)14-17/h4-5,8-9,11-12,14,16,22H,6-7,10,13,15H2,1-3H3,(H,24,28)(H,25,26)/t22-/m1/s1. The molecule has 6 nitrogen and oxygen atoms in total. The lowest BCUT2D eigenvalue weighted by Gasteiger charge is -2.22. The molecule has 0 saturated carbocycles. The molecule has 1 atom stereocenters. The third-order valence-corrected chi connectivity index (χ3v) is 4.78. The fourth-order valence-corrected chi connectivity index (χ4v) is 3.11. The topological polar surface area (TPSA) is 84.5 Å². The van der Waals surface area contributed by atoms with Crippen LogP contribution in [0.3, 0.4) is 0 Å². The number of amides is 2. The van der Waals surface area contributed by atoms with Gasteiger partial charge in [-0.3, -0.25) is 14.4 Å². The number of fused-ring (bicyclic) bond motifs is 1. The first-order valence-corrected chi connectivity index (χ1v) is 10.0. The van der Waals surface area contributed by atoms with Crippen LogP contribution in [0.25, 0.3) is 10.8 Å². The van der Waals surface area contributed by atoms with Gasteiger partial charge in [-0.25, -0.2) is 0 Å². The number of carbonyl (C=O) groups excluding carboxylic acids is 3. The SMILES string of the molecule is COC(=O)CCCCNC(=O)[C@H](NC(=O)Cc1ccc2ccccc2c1)C(C)C. The van der Waals surface area contributed by atoms with Gasteiger partial charge in [0.05, 0.1) is 13.5 Å². The number of hydrogen-bond acceptors (Lipinski definition) is 4. The molecule has 156 valence electrons. The maximum atomic E-state index is 12.5. The zero-order valence-corrected chi connectivity index (χ0v) is 17.4. The first-order chi connectivity index (χ1) is 13.9. The molecule has 29 heavy (non-hydrogen) atoms. The van der Waals surface area contributed by atoms with E-state index in [1.54, 1.807) is 0 Å². The predicted molar refractivity (Wildman–Crippen MR) is 113 cm³/mol. The molecule has 0 spiro atoms. The molecular weight excluding hydrogens is 368 g/mol. The smallest absolute Gasteiger partial charge is 0.305 e. The van der Waals surface area contributed by atoms with E-state index in [0.717, 1.165) is 16.3 Å². The molecule has 0 aliphatic carbocycles. The van der Waals surface area contributed by atoms with E-state index in [4.69, 9.17) is 0 Å². The molecule has 2 rings (SSSR count). The van der Waals surface area contributed by atoms with E-state index < -0.39 is 6.04 Å². The van der Waals surface area contributed by atoms with Crippen molar-refractivity contribution in [1.29, 1.82) is 0 Å². The van der Waals surface area contributed by atoms with Crippen molar-refractivity contribution in [3.8, 4) is 0 Å². The molecule has 0 aliphatic heterocycles. The number of benzene rings is 2. The summed E-state index contributed by atoms with van der Waals surface area (Å²) in [5.41, 5.74) is 0.909. The lowest BCUT2D eigenvalue weighted by molar-refractivity contribution is -0.140. The summed E-state index contributed by atoms with van der Waals surface area (Å²) in [5.74, 6) is -0.673. The molecule has 0 fully saturated rings. The number of esters is 1. The van der Waals surface area contributed by atoms with Crippen molar-refractivity contribution in [3.63, 3.8) is 0 Å². The Morgan fingerprint density at radius 1 is 1.00 bits per heavy atom. The van der Waals surface area contributed by atoms with Crippen LogP contribution in [0.1, 0.15) is 38.7 Å². The van der Waals surface area contributed by atoms with Crippen LogP contribution >= 0.6 is 0 Å². The van der Waals surface area contributed by atoms with E-state index >= 15 is 0 Å². The van der Waals surface area contributed by atoms with Crippen molar-refractivity contribution in [3.05, 3.63) is 48.0 Å². The number of ether oxygens (including phenoxy) is 1. The van der Waals surface area contributed by atoms with Gasteiger partial charge in [0.25, 0.3) is 0 Å². The molecule has 2 N–H and O–H groups in total. The summed E-state index contributed by atoms with van der Waals surface area (Å²) in [6, 6.07) is 13.3. The molecule has 0 unspecified atom stereocenters. The van der Waals surface area contributed by atoms with Gasteiger partial charge in [-0.2, -0.15) is 0 Å². The van der Waals surface area contributed by atoms with E-state index in [9.17, 15) is 14.4 Å². The lowest BCUT2D eigenvalue weighted by Crippen LogP contribution is -2.50. The number of unbranched alkanes of at least 4 members (excludes halogenated alkanes) is 1. The second-order valence-corrected chi connectivity index (χ2v) is 7.47. The zero-order chi connectivity index (χ0) is 21.2. The van der Waals surface area contributed by atoms with Gasteiger partial charge < -0.3 is 15.4 Å². The Kier molecular flexibility index (Phi) is 8.65. The van der Waals surface area contributed by atoms with Crippen LogP contribution in [0.4, 0.5) is 0 Å². The third kappa shape index (κ3) is 7.22. The van der Waals surface area contributed by atoms with Crippen LogP contribution < -0.4 is 10.6 Å². The van der Waals surface area contributed by atoms with Crippen LogP contribution in [0.5, 0.6) is 0 Å². The molecule has 0 aliphatic rings. The van der Waals surface area contributed by atoms with Gasteiger partial charge in [0.1, 0.15) is 6.04 Å². The molecule has 2 aromatic rings. The minimum atomic E-state index is -0.594. The Bertz CT molecular complexity index is 848. The minimum Gasteiger partial charge on any atom is -0.469 e. The Morgan fingerprint density at radius 3 is 2.41 bits per heavy atom. The van der Waals surface area contributed by atoms with Gasteiger partial charge in [0.15, 0.2) is 0 Å². The highest BCUT2D eigenvalue weighted by molar-refractivity contribution is 5.89. The fraction of sp³-hybridized carbons (Fsp3) is 0.435. The summed E-state index contributed by atoms with van der Waals surface area (Å²) in [4.78, 5) is 36.1. The van der Waals surface area contributed by atoms with E-state index in [1.165, 1.54) is 7.11 Å². The normalized spacial score (nSPS) is 11.9. The molecule has 0 aromatic heterocycles. The number of methoxy groups -OCH3 is 1. The average Bonchev–Trinajstić information content (AvgIpc) is 2.71. The summed E-state index contributed by atoms with van der Waals surface area (Å²) < 4.78 is 4.59. The lowest BCUT2D eigenvalue weighted by atomic mass is 10.0. The van der Waals surface area contributed by atoms with Crippen molar-refractivity contribution in [2.24, 2.45) is 5.92 Å². The van der Waals surface area contributed by atoms with Crippen molar-refractivity contribution in [2.75, 3.05) is 13.7 Å². The van der Waals surface area contributed by atoms with E-state index in [-0.39, 0.29) is 30.1 Å². The van der Waals surface area contributed by atoms with Gasteiger partial charge in [0, 0.05) is 13.0 Å². The molecule has 0 heterocycles. The molecule has 0 saturated heterocycles. The van der Waals surface area contributed by atoms with E-state index in [2.05, 4.69) is 15.4 Å². The summed E-state index contributed by atoms with van der Waals surface area (Å²) >= 11 is 0. The molecule has 0 bridgehead atoms. The van der Waals surface area contributed by atoms with E-state index in [0.29, 0.717) is 25.8 Å². The van der Waals surface area contributed by atoms with Crippen LogP contribution in [0, 0.1) is 5.92 Å². The van der Waals surface area contributed by atoms with E-state index in [1.807, 2.05) is 56.3 Å². The third-order valence-electron chi connectivity index (χ3n) is 4.78. The van der Waals surface area contributed by atoms with Crippen molar-refractivity contribution >= 4 is 28.6 Å². The minimum absolute atomic E-state index is 0.0365. The second kappa shape index (κ2) is 11.2. The largest absolute Gasteiger partial charge is 0.469 e. The average molecular weight is 399 g/mol. The molecule has 6 heteroatoms. The number of rotatable bonds is 10. The Labute approximate surface area is 172 Å². The quantitative estimate of drug-likeness (QED) is 0.476. The number of nitrogens with one attached hydrogen (secondary N) is 2. The first kappa shape index (κ1) is 22.4. The Hall–Kier alpha value is -2.89. The van der Waals surface area contributed by atoms with Crippen molar-refractivity contribution in [1.82, 2.24) is 10.6 Å². The van der Waals surface area contributed by atoms with Gasteiger partial charge in [-0.1, -0.05) is 56.3 Å². The Balaban J connectivity index is 1.85. The van der Waals surface area contributed by atoms with Crippen LogP contribution in [-0.2, 0) is 25.5 Å². The number of hydrogen-bond donors (Lipinski definition) is 2. The van der Waals surface area contributed by atoms with Gasteiger partial charge >= 0.3 is 5.97 Å². The van der Waals surface area contributed by atoms with Crippen LogP contribution in [0.2, 0.25) is 0 Å². The highest BCUT2D eigenvalue weighted by Crippen LogP contribution is 2.16. The van der Waals surface area contributed by atoms with Crippen molar-refractivity contribution in [2.45, 2.75) is 45.6 Å². The maximum Gasteiger partial charge on any atom is 0.305 e. The maximum absolute atomic E-state index is 12.5. The molecule has 2 amide bonds. The summed E-state index contributed by atoms with van der Waals surface area (Å²) in [7, 11) is 1.36. The number of carbonyl (C=O) groups is 3. The molecule has 0 radical (unpaired) electrons.